The Hall–Kier alpha value is -0.966. The minimum absolute atomic E-state index is 0. The van der Waals surface area contributed by atoms with Crippen molar-refractivity contribution in [3.05, 3.63) is 0 Å². The van der Waals surface area contributed by atoms with Gasteiger partial charge in [0.15, 0.2) is 0 Å². The van der Waals surface area contributed by atoms with Gasteiger partial charge in [-0.1, -0.05) is 0 Å². The van der Waals surface area contributed by atoms with E-state index in [2.05, 4.69) is 0 Å². The summed E-state index contributed by atoms with van der Waals surface area (Å²) in [7, 11) is 0. The third kappa shape index (κ3) is 10.4. The first kappa shape index (κ1) is 25.0. The van der Waals surface area contributed by atoms with Gasteiger partial charge in [-0.15, -0.1) is 0 Å². The van der Waals surface area contributed by atoms with E-state index >= 15 is 0 Å². The first-order valence-corrected chi connectivity index (χ1v) is 6.92. The van der Waals surface area contributed by atoms with Crippen molar-refractivity contribution in [2.45, 2.75) is 79.6 Å². The molecule has 0 aliphatic rings. The number of hydrogen-bond donors (Lipinski definition) is 0. The molecule has 0 saturated carbocycles. The van der Waals surface area contributed by atoms with Crippen molar-refractivity contribution in [2.24, 2.45) is 0 Å². The molecule has 0 spiro atoms. The average Bonchev–Trinajstić information content (AvgIpc) is 2.12. The summed E-state index contributed by atoms with van der Waals surface area (Å²) in [5.41, 5.74) is 0. The Labute approximate surface area is 138 Å². The summed E-state index contributed by atoms with van der Waals surface area (Å²) in [6.07, 6.45) is -2.19. The number of amides is 2. The zero-order chi connectivity index (χ0) is 16.6. The van der Waals surface area contributed by atoms with Gasteiger partial charge < -0.3 is 29.6 Å². The quantitative estimate of drug-likeness (QED) is 0.707. The van der Waals surface area contributed by atoms with E-state index in [0.29, 0.717) is 0 Å². The largest absolute Gasteiger partial charge is 2.00 e. The van der Waals surface area contributed by atoms with Crippen LogP contribution in [-0.2, 0) is 16.5 Å². The Bertz CT molecular complexity index is 261. The van der Waals surface area contributed by atoms with Crippen LogP contribution in [0.1, 0.15) is 55.4 Å². The third-order valence-corrected chi connectivity index (χ3v) is 2.65. The van der Waals surface area contributed by atoms with Gasteiger partial charge in [0, 0.05) is 24.2 Å². The number of carboxylic acid groups (broad SMARTS) is 2. The minimum atomic E-state index is -1.09. The van der Waals surface area contributed by atoms with Crippen molar-refractivity contribution in [3.63, 3.8) is 0 Å². The van der Waals surface area contributed by atoms with E-state index in [-0.39, 0.29) is 40.7 Å². The smallest absolute Gasteiger partial charge is 0.530 e. The van der Waals surface area contributed by atoms with Gasteiger partial charge in [0.25, 0.3) is 0 Å². The van der Waals surface area contributed by atoms with Crippen LogP contribution in [0.2, 0.25) is 0 Å². The SMILES string of the molecule is CC(C)N(C(=O)[O-])C(C)C.CC(C)N(C(=O)[O-])C(C)C.[Ni+2]. The Morgan fingerprint density at radius 1 is 0.619 bits per heavy atom. The molecule has 21 heavy (non-hydrogen) atoms. The summed E-state index contributed by atoms with van der Waals surface area (Å²) in [4.78, 5) is 23.4. The molecule has 0 radical (unpaired) electrons. The first-order valence-electron chi connectivity index (χ1n) is 6.92. The van der Waals surface area contributed by atoms with Crippen molar-refractivity contribution in [3.8, 4) is 0 Å². The molecule has 0 saturated heterocycles. The van der Waals surface area contributed by atoms with Crippen LogP contribution in [-0.4, -0.2) is 46.2 Å². The predicted octanol–water partition coefficient (Wildman–Crippen LogP) is 0.894. The summed E-state index contributed by atoms with van der Waals surface area (Å²) in [6.45, 7) is 14.6. The van der Waals surface area contributed by atoms with Crippen LogP contribution in [0.15, 0.2) is 0 Å². The van der Waals surface area contributed by atoms with Gasteiger partial charge in [0.05, 0.1) is 0 Å². The molecule has 0 bridgehead atoms. The van der Waals surface area contributed by atoms with Crippen molar-refractivity contribution in [2.75, 3.05) is 0 Å². The standard InChI is InChI=1S/2C7H15NO2.Ni/c2*1-5(2)8(6(3)4)7(9)10;/h2*5-6H,1-4H3,(H,9,10);/q;;+2/p-2. The van der Waals surface area contributed by atoms with Crippen molar-refractivity contribution in [1.82, 2.24) is 9.80 Å². The van der Waals surface area contributed by atoms with Gasteiger partial charge in [-0.2, -0.15) is 0 Å². The Balaban J connectivity index is -0.000000295. The van der Waals surface area contributed by atoms with E-state index < -0.39 is 12.2 Å². The summed E-state index contributed by atoms with van der Waals surface area (Å²) in [6, 6.07) is 0.0185. The maximum Gasteiger partial charge on any atom is 2.00 e. The molecule has 0 aromatic carbocycles. The van der Waals surface area contributed by atoms with Crippen molar-refractivity contribution < 1.29 is 36.3 Å². The molecule has 0 aliphatic carbocycles. The molecule has 0 fully saturated rings. The van der Waals surface area contributed by atoms with Crippen LogP contribution in [0.5, 0.6) is 0 Å². The van der Waals surface area contributed by atoms with E-state index in [1.165, 1.54) is 9.80 Å². The van der Waals surface area contributed by atoms with Gasteiger partial charge in [-0.25, -0.2) is 0 Å². The number of hydrogen-bond acceptors (Lipinski definition) is 4. The Kier molecular flexibility index (Phi) is 13.9. The fourth-order valence-electron chi connectivity index (χ4n) is 2.04. The van der Waals surface area contributed by atoms with Crippen LogP contribution < -0.4 is 10.2 Å². The fourth-order valence-corrected chi connectivity index (χ4v) is 2.04. The van der Waals surface area contributed by atoms with Crippen LogP contribution in [0, 0.1) is 0 Å². The van der Waals surface area contributed by atoms with E-state index in [1.54, 1.807) is 0 Å². The van der Waals surface area contributed by atoms with E-state index in [1.807, 2.05) is 55.4 Å². The van der Waals surface area contributed by atoms with Gasteiger partial charge in [0.2, 0.25) is 0 Å². The number of rotatable bonds is 4. The van der Waals surface area contributed by atoms with Gasteiger partial charge >= 0.3 is 16.5 Å². The average molecular weight is 347 g/mol. The summed E-state index contributed by atoms with van der Waals surface area (Å²) in [5.74, 6) is 0. The van der Waals surface area contributed by atoms with E-state index in [0.717, 1.165) is 0 Å². The molecular formula is C14H28N2NiO4. The second-order valence-electron chi connectivity index (χ2n) is 5.72. The van der Waals surface area contributed by atoms with Crippen molar-refractivity contribution >= 4 is 12.2 Å². The monoisotopic (exact) mass is 346 g/mol. The number of carbonyl (C=O) groups excluding carboxylic acids is 2. The van der Waals surface area contributed by atoms with Gasteiger partial charge in [-0.05, 0) is 55.4 Å². The van der Waals surface area contributed by atoms with E-state index in [9.17, 15) is 19.8 Å². The molecule has 0 aliphatic heterocycles. The number of carbonyl (C=O) groups is 2. The summed E-state index contributed by atoms with van der Waals surface area (Å²) in [5, 5.41) is 20.8. The minimum Gasteiger partial charge on any atom is -0.530 e. The third-order valence-electron chi connectivity index (χ3n) is 2.65. The molecule has 0 heterocycles. The second-order valence-corrected chi connectivity index (χ2v) is 5.72. The Morgan fingerprint density at radius 2 is 0.762 bits per heavy atom. The molecule has 0 rings (SSSR count). The second kappa shape index (κ2) is 11.7. The predicted molar refractivity (Wildman–Crippen MR) is 75.0 cm³/mol. The fraction of sp³-hybridized carbons (Fsp3) is 0.857. The molecule has 0 atom stereocenters. The molecule has 0 aromatic rings. The number of nitrogens with zero attached hydrogens (tertiary/aromatic N) is 2. The molecule has 6 nitrogen and oxygen atoms in total. The van der Waals surface area contributed by atoms with Gasteiger partial charge in [-0.3, -0.25) is 0 Å². The Morgan fingerprint density at radius 3 is 0.762 bits per heavy atom. The van der Waals surface area contributed by atoms with Gasteiger partial charge in [0.1, 0.15) is 12.2 Å². The van der Waals surface area contributed by atoms with Crippen LogP contribution in [0.3, 0.4) is 0 Å². The maximum atomic E-state index is 10.4. The molecular weight excluding hydrogens is 319 g/mol. The molecule has 0 aromatic heterocycles. The first-order chi connectivity index (χ1) is 8.93. The van der Waals surface area contributed by atoms with Crippen molar-refractivity contribution in [1.29, 1.82) is 0 Å². The molecule has 0 unspecified atom stereocenters. The summed E-state index contributed by atoms with van der Waals surface area (Å²) < 4.78 is 0. The topological polar surface area (TPSA) is 86.7 Å². The molecule has 128 valence electrons. The normalized spacial score (nSPS) is 10.1. The summed E-state index contributed by atoms with van der Waals surface area (Å²) >= 11 is 0. The molecule has 2 amide bonds. The zero-order valence-electron chi connectivity index (χ0n) is 14.2. The van der Waals surface area contributed by atoms with Crippen LogP contribution in [0.4, 0.5) is 9.59 Å². The van der Waals surface area contributed by atoms with Crippen LogP contribution in [0.25, 0.3) is 0 Å². The molecule has 0 N–H and O–H groups in total. The maximum absolute atomic E-state index is 10.4. The molecule has 7 heteroatoms. The van der Waals surface area contributed by atoms with E-state index in [4.69, 9.17) is 0 Å². The van der Waals surface area contributed by atoms with Crippen LogP contribution >= 0.6 is 0 Å². The zero-order valence-corrected chi connectivity index (χ0v) is 15.1.